The van der Waals surface area contributed by atoms with E-state index >= 15 is 0 Å². The summed E-state index contributed by atoms with van der Waals surface area (Å²) < 4.78 is 5.70. The number of nitrogens with zero attached hydrogens (tertiary/aromatic N) is 4. The largest absolute Gasteiger partial charge is 0.494 e. The van der Waals surface area contributed by atoms with Crippen molar-refractivity contribution in [2.24, 2.45) is 15.9 Å². The first-order valence-corrected chi connectivity index (χ1v) is 13.4. The van der Waals surface area contributed by atoms with Crippen molar-refractivity contribution in [2.45, 2.75) is 64.9 Å². The molecule has 1 N–H and O–H groups in total. The maximum absolute atomic E-state index is 12.1. The predicted octanol–water partition coefficient (Wildman–Crippen LogP) is 3.80. The molecule has 1 aromatic rings. The number of carbonyl (C=O) groups excluding carboxylic acids is 1. The highest BCUT2D eigenvalue weighted by molar-refractivity contribution is 8.14. The van der Waals surface area contributed by atoms with E-state index in [1.807, 2.05) is 39.8 Å². The summed E-state index contributed by atoms with van der Waals surface area (Å²) in [4.78, 5) is 26.5. The number of amidine groups is 2. The highest BCUT2D eigenvalue weighted by atomic mass is 32.2. The lowest BCUT2D eigenvalue weighted by Gasteiger charge is -2.33. The zero-order chi connectivity index (χ0) is 26.4. The standard InChI is InChI=1S/C27H37BN4O3S/c1-7-29-25-24(17(3)4)30-27(36-23-15-18(5)22(35-8-2)16-21(23)28)32(25)14-11-20-9-12-31(13-10-20)26(34)19(6)33/h7,15-16,19-20,33H,1,8-14H2,2-6H3/t19-/m0/s1. The lowest BCUT2D eigenvalue weighted by molar-refractivity contribution is -0.140. The van der Waals surface area contributed by atoms with E-state index < -0.39 is 6.10 Å². The quantitative estimate of drug-likeness (QED) is 0.541. The second kappa shape index (κ2) is 12.6. The number of allylic oxidation sites excluding steroid dienone is 1. The summed E-state index contributed by atoms with van der Waals surface area (Å²) in [5, 5.41) is 10.4. The molecule has 2 aliphatic heterocycles. The van der Waals surface area contributed by atoms with Gasteiger partial charge < -0.3 is 19.6 Å². The Hall–Kier alpha value is -2.52. The van der Waals surface area contributed by atoms with Crippen LogP contribution in [0.25, 0.3) is 0 Å². The number of likely N-dealkylation sites (tertiary alicyclic amines) is 1. The normalized spacial score (nSPS) is 18.4. The molecule has 1 aromatic carbocycles. The Kier molecular flexibility index (Phi) is 9.85. The van der Waals surface area contributed by atoms with Crippen LogP contribution in [0.2, 0.25) is 0 Å². The van der Waals surface area contributed by atoms with Gasteiger partial charge in [0.25, 0.3) is 5.91 Å². The number of aliphatic hydroxyl groups excluding tert-OH is 1. The number of benzene rings is 1. The molecule has 1 amide bonds. The number of hydrogen-bond acceptors (Lipinski definition) is 6. The minimum absolute atomic E-state index is 0.185. The van der Waals surface area contributed by atoms with Crippen molar-refractivity contribution in [1.82, 2.24) is 9.80 Å². The van der Waals surface area contributed by atoms with Gasteiger partial charge in [-0.2, -0.15) is 0 Å². The Bertz CT molecular complexity index is 1070. The van der Waals surface area contributed by atoms with Crippen molar-refractivity contribution in [3.8, 4) is 5.75 Å². The third-order valence-electron chi connectivity index (χ3n) is 6.45. The number of rotatable bonds is 8. The molecular formula is C27H37BN4O3S. The Balaban J connectivity index is 1.78. The Morgan fingerprint density at radius 1 is 1.39 bits per heavy atom. The molecule has 1 saturated heterocycles. The number of thioether (sulfide) groups is 1. The monoisotopic (exact) mass is 508 g/mol. The maximum atomic E-state index is 12.1. The van der Waals surface area contributed by atoms with Gasteiger partial charge in [0.2, 0.25) is 0 Å². The third kappa shape index (κ3) is 6.62. The number of aryl methyl sites for hydroxylation is 1. The summed E-state index contributed by atoms with van der Waals surface area (Å²) in [5.74, 6) is 1.89. The number of aliphatic hydroxyl groups is 1. The first kappa shape index (κ1) is 28.1. The van der Waals surface area contributed by atoms with E-state index in [1.165, 1.54) is 18.7 Å². The van der Waals surface area contributed by atoms with E-state index in [1.54, 1.807) is 11.1 Å². The van der Waals surface area contributed by atoms with Crippen LogP contribution in [0.4, 0.5) is 0 Å². The number of carbonyl (C=O) groups is 1. The SMILES string of the molecule is [B]c1cc(OCC)c(C)cc1SC1=NC(=C(C)C)C(=NC=C)N1CCC1CCN(C(=O)[C@H](C)O)CC1. The van der Waals surface area contributed by atoms with Gasteiger partial charge >= 0.3 is 0 Å². The Morgan fingerprint density at radius 2 is 2.08 bits per heavy atom. The molecule has 192 valence electrons. The molecule has 2 heterocycles. The highest BCUT2D eigenvalue weighted by Gasteiger charge is 2.31. The van der Waals surface area contributed by atoms with Crippen molar-refractivity contribution >= 4 is 42.0 Å². The molecule has 0 saturated carbocycles. The first-order valence-electron chi connectivity index (χ1n) is 12.6. The molecule has 36 heavy (non-hydrogen) atoms. The van der Waals surface area contributed by atoms with Gasteiger partial charge in [0.05, 0.1) is 6.61 Å². The molecule has 1 atom stereocenters. The second-order valence-corrected chi connectivity index (χ2v) is 10.5. The summed E-state index contributed by atoms with van der Waals surface area (Å²) in [6, 6.07) is 3.93. The number of aliphatic imine (C=N–C) groups is 2. The van der Waals surface area contributed by atoms with Crippen molar-refractivity contribution in [2.75, 3.05) is 26.2 Å². The van der Waals surface area contributed by atoms with Gasteiger partial charge in [-0.05, 0) is 83.1 Å². The Morgan fingerprint density at radius 3 is 2.67 bits per heavy atom. The number of ether oxygens (including phenoxy) is 1. The summed E-state index contributed by atoms with van der Waals surface area (Å²) >= 11 is 1.54. The van der Waals surface area contributed by atoms with Crippen molar-refractivity contribution in [3.63, 3.8) is 0 Å². The van der Waals surface area contributed by atoms with E-state index in [-0.39, 0.29) is 5.91 Å². The summed E-state index contributed by atoms with van der Waals surface area (Å²) in [6.45, 7) is 16.1. The fourth-order valence-electron chi connectivity index (χ4n) is 4.45. The van der Waals surface area contributed by atoms with Gasteiger partial charge in [-0.25, -0.2) is 9.98 Å². The molecule has 0 aliphatic carbocycles. The number of hydrogen-bond donors (Lipinski definition) is 1. The van der Waals surface area contributed by atoms with Crippen molar-refractivity contribution in [3.05, 3.63) is 41.7 Å². The Labute approximate surface area is 220 Å². The lowest BCUT2D eigenvalue weighted by atomic mass is 9.93. The smallest absolute Gasteiger partial charge is 0.251 e. The van der Waals surface area contributed by atoms with Crippen LogP contribution in [0.3, 0.4) is 0 Å². The zero-order valence-electron chi connectivity index (χ0n) is 22.1. The summed E-state index contributed by atoms with van der Waals surface area (Å²) in [7, 11) is 6.40. The van der Waals surface area contributed by atoms with E-state index in [0.717, 1.165) is 64.3 Å². The molecule has 0 bridgehead atoms. The average Bonchev–Trinajstić information content (AvgIpc) is 3.18. The molecule has 2 radical (unpaired) electrons. The topological polar surface area (TPSA) is 77.7 Å². The molecule has 0 unspecified atom stereocenters. The number of amides is 1. The van der Waals surface area contributed by atoms with Gasteiger partial charge in [0, 0.05) is 30.7 Å². The zero-order valence-corrected chi connectivity index (χ0v) is 22.9. The van der Waals surface area contributed by atoms with Crippen LogP contribution in [-0.4, -0.2) is 72.0 Å². The molecule has 0 spiro atoms. The minimum atomic E-state index is -0.944. The number of piperidine rings is 1. The van der Waals surface area contributed by atoms with Gasteiger partial charge in [0.15, 0.2) is 11.0 Å². The third-order valence-corrected chi connectivity index (χ3v) is 7.51. The van der Waals surface area contributed by atoms with Crippen LogP contribution >= 0.6 is 11.8 Å². The van der Waals surface area contributed by atoms with Crippen LogP contribution in [0.5, 0.6) is 5.75 Å². The molecule has 7 nitrogen and oxygen atoms in total. The predicted molar refractivity (Wildman–Crippen MR) is 149 cm³/mol. The first-order chi connectivity index (χ1) is 17.2. The highest BCUT2D eigenvalue weighted by Crippen LogP contribution is 2.32. The van der Waals surface area contributed by atoms with Gasteiger partial charge in [-0.1, -0.05) is 23.8 Å². The minimum Gasteiger partial charge on any atom is -0.494 e. The van der Waals surface area contributed by atoms with Crippen LogP contribution in [0.15, 0.2) is 51.1 Å². The van der Waals surface area contributed by atoms with Crippen LogP contribution in [-0.2, 0) is 4.79 Å². The molecular weight excluding hydrogens is 471 g/mol. The second-order valence-electron chi connectivity index (χ2n) is 9.45. The average molecular weight is 508 g/mol. The van der Waals surface area contributed by atoms with Gasteiger partial charge in [0.1, 0.15) is 25.4 Å². The molecule has 0 aromatic heterocycles. The van der Waals surface area contributed by atoms with Gasteiger partial charge in [-0.3, -0.25) is 4.79 Å². The van der Waals surface area contributed by atoms with E-state index in [0.29, 0.717) is 31.1 Å². The molecule has 3 rings (SSSR count). The van der Waals surface area contributed by atoms with Crippen LogP contribution < -0.4 is 10.2 Å². The molecule has 9 heteroatoms. The van der Waals surface area contributed by atoms with Crippen molar-refractivity contribution in [1.29, 1.82) is 0 Å². The van der Waals surface area contributed by atoms with Crippen molar-refractivity contribution < 1.29 is 14.6 Å². The summed E-state index contributed by atoms with van der Waals surface area (Å²) in [5.41, 5.74) is 3.62. The van der Waals surface area contributed by atoms with Crippen LogP contribution in [0.1, 0.15) is 52.5 Å². The fraction of sp³-hybridized carbons (Fsp3) is 0.519. The maximum Gasteiger partial charge on any atom is 0.251 e. The fourth-order valence-corrected chi connectivity index (χ4v) is 5.48. The van der Waals surface area contributed by atoms with E-state index in [4.69, 9.17) is 17.6 Å². The lowest BCUT2D eigenvalue weighted by Crippen LogP contribution is -2.43. The van der Waals surface area contributed by atoms with Crippen LogP contribution in [0, 0.1) is 12.8 Å². The molecule has 1 fully saturated rings. The summed E-state index contributed by atoms with van der Waals surface area (Å²) in [6.07, 6.45) is 3.39. The van der Waals surface area contributed by atoms with Gasteiger partial charge in [-0.15, -0.1) is 0 Å². The van der Waals surface area contributed by atoms with E-state index in [2.05, 4.69) is 16.5 Å². The van der Waals surface area contributed by atoms with E-state index in [9.17, 15) is 9.90 Å². The molecule has 2 aliphatic rings.